The summed E-state index contributed by atoms with van der Waals surface area (Å²) in [5, 5.41) is 9.53. The Bertz CT molecular complexity index is 425. The van der Waals surface area contributed by atoms with E-state index >= 15 is 0 Å². The van der Waals surface area contributed by atoms with Crippen molar-refractivity contribution < 1.29 is 5.11 Å². The van der Waals surface area contributed by atoms with Crippen molar-refractivity contribution >= 4 is 0 Å². The first kappa shape index (κ1) is 14.4. The second kappa shape index (κ2) is 5.16. The van der Waals surface area contributed by atoms with E-state index in [4.69, 9.17) is 0 Å². The summed E-state index contributed by atoms with van der Waals surface area (Å²) < 4.78 is 0. The fourth-order valence-electron chi connectivity index (χ4n) is 4.25. The predicted molar refractivity (Wildman–Crippen MR) is 80.6 cm³/mol. The molecule has 0 aromatic heterocycles. The van der Waals surface area contributed by atoms with E-state index in [1.807, 2.05) is 12.1 Å². The molecule has 1 saturated carbocycles. The number of nitrogens with zero attached hydrogens (tertiary/aromatic N) is 1. The maximum Gasteiger partial charge on any atom is 0.115 e. The first-order chi connectivity index (χ1) is 8.96. The summed E-state index contributed by atoms with van der Waals surface area (Å²) in [5.41, 5.74) is 1.75. The summed E-state index contributed by atoms with van der Waals surface area (Å²) in [6.07, 6.45) is 6.27. The van der Waals surface area contributed by atoms with Gasteiger partial charge in [0.25, 0.3) is 0 Å². The fraction of sp³-hybridized carbons (Fsp3) is 0.647. The summed E-state index contributed by atoms with van der Waals surface area (Å²) >= 11 is 0. The van der Waals surface area contributed by atoms with Crippen LogP contribution >= 0.6 is 0 Å². The molecule has 2 unspecified atom stereocenters. The number of phenols is 1. The monoisotopic (exact) mass is 261 g/mol. The summed E-state index contributed by atoms with van der Waals surface area (Å²) in [4.78, 5) is 2.43. The van der Waals surface area contributed by atoms with Gasteiger partial charge in [0.05, 0.1) is 0 Å². The Labute approximate surface area is 117 Å². The van der Waals surface area contributed by atoms with Gasteiger partial charge in [-0.25, -0.2) is 0 Å². The summed E-state index contributed by atoms with van der Waals surface area (Å²) in [5.74, 6) is 0.357. The third kappa shape index (κ3) is 2.16. The van der Waals surface area contributed by atoms with Crippen molar-refractivity contribution in [2.24, 2.45) is 0 Å². The highest BCUT2D eigenvalue weighted by Crippen LogP contribution is 2.50. The van der Waals surface area contributed by atoms with Crippen LogP contribution in [0.4, 0.5) is 0 Å². The predicted octanol–water partition coefficient (Wildman–Crippen LogP) is 3.93. The van der Waals surface area contributed by atoms with Crippen LogP contribution in [0.5, 0.6) is 5.75 Å². The smallest absolute Gasteiger partial charge is 0.115 e. The van der Waals surface area contributed by atoms with Crippen LogP contribution in [0.15, 0.2) is 24.3 Å². The number of aromatic hydroxyl groups is 1. The summed E-state index contributed by atoms with van der Waals surface area (Å²) in [6.45, 7) is 4.71. The number of hydrogen-bond acceptors (Lipinski definition) is 2. The van der Waals surface area contributed by atoms with Crippen LogP contribution in [-0.2, 0) is 5.41 Å². The highest BCUT2D eigenvalue weighted by Gasteiger charge is 2.50. The van der Waals surface area contributed by atoms with Crippen molar-refractivity contribution in [3.63, 3.8) is 0 Å². The zero-order valence-corrected chi connectivity index (χ0v) is 12.7. The Hall–Kier alpha value is -1.02. The van der Waals surface area contributed by atoms with Gasteiger partial charge in [-0.05, 0) is 51.1 Å². The minimum atomic E-state index is 0.164. The highest BCUT2D eigenvalue weighted by molar-refractivity contribution is 5.35. The van der Waals surface area contributed by atoms with Crippen LogP contribution in [0.1, 0.15) is 51.5 Å². The van der Waals surface area contributed by atoms with E-state index in [0.717, 1.165) is 6.42 Å². The molecule has 2 heteroatoms. The van der Waals surface area contributed by atoms with Crippen LogP contribution in [-0.4, -0.2) is 29.6 Å². The molecule has 0 aliphatic heterocycles. The molecular weight excluding hydrogens is 234 g/mol. The van der Waals surface area contributed by atoms with Gasteiger partial charge in [-0.3, -0.25) is 0 Å². The normalized spacial score (nSPS) is 31.6. The van der Waals surface area contributed by atoms with Crippen LogP contribution in [0.2, 0.25) is 0 Å². The van der Waals surface area contributed by atoms with Gasteiger partial charge in [0.15, 0.2) is 0 Å². The van der Waals surface area contributed by atoms with E-state index in [2.05, 4.69) is 45.0 Å². The van der Waals surface area contributed by atoms with Crippen LogP contribution in [0, 0.1) is 0 Å². The SMILES string of the molecule is CCC1(N(C)C)CCCCC1(C)c1ccc(O)cc1. The van der Waals surface area contributed by atoms with Crippen molar-refractivity contribution in [2.45, 2.75) is 56.9 Å². The molecule has 1 N–H and O–H groups in total. The summed E-state index contributed by atoms with van der Waals surface area (Å²) in [7, 11) is 4.43. The van der Waals surface area contributed by atoms with Crippen LogP contribution in [0.3, 0.4) is 0 Å². The highest BCUT2D eigenvalue weighted by atomic mass is 16.3. The quantitative estimate of drug-likeness (QED) is 0.891. The van der Waals surface area contributed by atoms with Gasteiger partial charge in [-0.1, -0.05) is 38.8 Å². The van der Waals surface area contributed by atoms with Gasteiger partial charge in [0.1, 0.15) is 5.75 Å². The Morgan fingerprint density at radius 2 is 1.68 bits per heavy atom. The van der Waals surface area contributed by atoms with Gasteiger partial charge < -0.3 is 10.0 Å². The zero-order chi connectivity index (χ0) is 14.1. The van der Waals surface area contributed by atoms with Crippen molar-refractivity contribution in [3.05, 3.63) is 29.8 Å². The molecule has 0 spiro atoms. The molecule has 19 heavy (non-hydrogen) atoms. The molecule has 0 amide bonds. The van der Waals surface area contributed by atoms with Crippen LogP contribution in [0.25, 0.3) is 0 Å². The standard InChI is InChI=1S/C17H27NO/c1-5-17(18(3)4)13-7-6-12-16(17,2)14-8-10-15(19)11-9-14/h8-11,19H,5-7,12-13H2,1-4H3. The molecule has 2 rings (SSSR count). The van der Waals surface area contributed by atoms with Crippen molar-refractivity contribution in [1.29, 1.82) is 0 Å². The Morgan fingerprint density at radius 1 is 1.11 bits per heavy atom. The number of benzene rings is 1. The lowest BCUT2D eigenvalue weighted by Gasteiger charge is -2.56. The molecule has 2 nitrogen and oxygen atoms in total. The van der Waals surface area contributed by atoms with Crippen molar-refractivity contribution in [3.8, 4) is 5.75 Å². The second-order valence-corrected chi connectivity index (χ2v) is 6.37. The molecule has 0 heterocycles. The molecule has 1 fully saturated rings. The summed E-state index contributed by atoms with van der Waals surface area (Å²) in [6, 6.07) is 7.86. The first-order valence-electron chi connectivity index (χ1n) is 7.43. The lowest BCUT2D eigenvalue weighted by atomic mass is 9.57. The third-order valence-electron chi connectivity index (χ3n) is 5.49. The maximum absolute atomic E-state index is 9.53. The van der Waals surface area contributed by atoms with E-state index in [9.17, 15) is 5.11 Å². The molecular formula is C17H27NO. The molecule has 1 aromatic carbocycles. The zero-order valence-electron chi connectivity index (χ0n) is 12.7. The molecule has 0 bridgehead atoms. The molecule has 0 saturated heterocycles. The number of likely N-dealkylation sites (N-methyl/N-ethyl adjacent to an activating group) is 1. The van der Waals surface area contributed by atoms with E-state index < -0.39 is 0 Å². The lowest BCUT2D eigenvalue weighted by Crippen LogP contribution is -2.60. The van der Waals surface area contributed by atoms with Gasteiger partial charge in [-0.2, -0.15) is 0 Å². The van der Waals surface area contributed by atoms with Gasteiger partial charge >= 0.3 is 0 Å². The molecule has 106 valence electrons. The van der Waals surface area contributed by atoms with Crippen molar-refractivity contribution in [2.75, 3.05) is 14.1 Å². The largest absolute Gasteiger partial charge is 0.508 e. The third-order valence-corrected chi connectivity index (χ3v) is 5.49. The average molecular weight is 261 g/mol. The van der Waals surface area contributed by atoms with E-state index in [-0.39, 0.29) is 11.0 Å². The van der Waals surface area contributed by atoms with Gasteiger partial charge in [-0.15, -0.1) is 0 Å². The number of rotatable bonds is 3. The Kier molecular flexibility index (Phi) is 3.91. The molecule has 1 aliphatic rings. The number of phenolic OH excluding ortho intramolecular Hbond substituents is 1. The topological polar surface area (TPSA) is 23.5 Å². The minimum absolute atomic E-state index is 0.164. The van der Waals surface area contributed by atoms with Gasteiger partial charge in [0, 0.05) is 11.0 Å². The molecule has 2 atom stereocenters. The lowest BCUT2D eigenvalue weighted by molar-refractivity contribution is 0.0148. The molecule has 0 radical (unpaired) electrons. The van der Waals surface area contributed by atoms with Gasteiger partial charge in [0.2, 0.25) is 0 Å². The Balaban J connectivity index is 2.50. The Morgan fingerprint density at radius 3 is 2.21 bits per heavy atom. The van der Waals surface area contributed by atoms with E-state index in [0.29, 0.717) is 5.75 Å². The van der Waals surface area contributed by atoms with E-state index in [1.54, 1.807) is 0 Å². The van der Waals surface area contributed by atoms with Crippen molar-refractivity contribution in [1.82, 2.24) is 4.90 Å². The van der Waals surface area contributed by atoms with Crippen LogP contribution < -0.4 is 0 Å². The minimum Gasteiger partial charge on any atom is -0.508 e. The molecule has 1 aliphatic carbocycles. The maximum atomic E-state index is 9.53. The molecule has 1 aromatic rings. The number of hydrogen-bond donors (Lipinski definition) is 1. The fourth-order valence-corrected chi connectivity index (χ4v) is 4.25. The van der Waals surface area contributed by atoms with E-state index in [1.165, 1.54) is 31.2 Å². The first-order valence-corrected chi connectivity index (χ1v) is 7.43. The second-order valence-electron chi connectivity index (χ2n) is 6.37. The average Bonchev–Trinajstić information content (AvgIpc) is 2.39.